The molecule has 1 aromatic carbocycles. The van der Waals surface area contributed by atoms with E-state index in [1.807, 2.05) is 44.4 Å². The number of amides is 1. The molecule has 28 heavy (non-hydrogen) atoms. The Hall–Kier alpha value is -2.36. The van der Waals surface area contributed by atoms with E-state index in [1.165, 1.54) is 18.3 Å². The van der Waals surface area contributed by atoms with Crippen LogP contribution >= 0.6 is 23.6 Å². The van der Waals surface area contributed by atoms with E-state index < -0.39 is 0 Å². The van der Waals surface area contributed by atoms with E-state index in [0.717, 1.165) is 16.8 Å². The first-order chi connectivity index (χ1) is 13.3. The van der Waals surface area contributed by atoms with E-state index in [1.54, 1.807) is 18.2 Å². The van der Waals surface area contributed by atoms with Gasteiger partial charge in [0.25, 0.3) is 0 Å². The molecule has 7 nitrogen and oxygen atoms in total. The molecule has 1 aromatic heterocycles. The molecule has 1 atom stereocenters. The maximum absolute atomic E-state index is 12.3. The molecular formula is C19H25N5O2S2. The van der Waals surface area contributed by atoms with E-state index in [-0.39, 0.29) is 11.9 Å². The average Bonchev–Trinajstić information content (AvgIpc) is 3.07. The molecule has 0 aliphatic heterocycles. The zero-order valence-electron chi connectivity index (χ0n) is 16.6. The summed E-state index contributed by atoms with van der Waals surface area (Å²) in [5.74, 6) is -0.0952. The molecule has 150 valence electrons. The van der Waals surface area contributed by atoms with Gasteiger partial charge in [-0.15, -0.1) is 11.3 Å². The highest BCUT2D eigenvalue weighted by Gasteiger charge is 2.19. The normalized spacial score (nSPS) is 12.0. The topological polar surface area (TPSA) is 78.9 Å². The van der Waals surface area contributed by atoms with Gasteiger partial charge in [-0.1, -0.05) is 12.1 Å². The van der Waals surface area contributed by atoms with Crippen molar-refractivity contribution in [3.8, 4) is 0 Å². The molecule has 2 aromatic rings. The Labute approximate surface area is 174 Å². The maximum Gasteiger partial charge on any atom is 0.230 e. The van der Waals surface area contributed by atoms with Crippen LogP contribution in [-0.4, -0.2) is 42.0 Å². The molecule has 9 heteroatoms. The van der Waals surface area contributed by atoms with Crippen molar-refractivity contribution < 1.29 is 9.53 Å². The summed E-state index contributed by atoms with van der Waals surface area (Å²) < 4.78 is 5.05. The van der Waals surface area contributed by atoms with Gasteiger partial charge in [-0.2, -0.15) is 5.10 Å². The number of rotatable bonds is 7. The number of thiocarbonyl (C=S) groups is 1. The molecule has 0 fully saturated rings. The molecule has 1 heterocycles. The number of carbonyl (C=O) groups excluding carboxylic acids is 1. The minimum absolute atomic E-state index is 0.0766. The summed E-state index contributed by atoms with van der Waals surface area (Å²) in [4.78, 5) is 18.4. The molecule has 1 amide bonds. The number of hydrogen-bond donors (Lipinski definition) is 2. The molecule has 0 radical (unpaired) electrons. The van der Waals surface area contributed by atoms with Crippen LogP contribution in [0.1, 0.15) is 30.7 Å². The summed E-state index contributed by atoms with van der Waals surface area (Å²) in [6.07, 6.45) is 1.57. The fourth-order valence-corrected chi connectivity index (χ4v) is 3.61. The van der Waals surface area contributed by atoms with Crippen molar-refractivity contribution in [2.45, 2.75) is 33.7 Å². The van der Waals surface area contributed by atoms with Crippen LogP contribution in [0.3, 0.4) is 0 Å². The van der Waals surface area contributed by atoms with E-state index in [0.29, 0.717) is 22.5 Å². The zero-order chi connectivity index (χ0) is 20.7. The van der Waals surface area contributed by atoms with Crippen LogP contribution in [-0.2, 0) is 9.53 Å². The Morgan fingerprint density at radius 2 is 2.21 bits per heavy atom. The largest absolute Gasteiger partial charge is 0.383 e. The number of nitrogens with zero attached hydrogens (tertiary/aromatic N) is 3. The quantitative estimate of drug-likeness (QED) is 0.407. The third kappa shape index (κ3) is 5.82. The number of aromatic nitrogens is 1. The van der Waals surface area contributed by atoms with Gasteiger partial charge in [-0.05, 0) is 50.2 Å². The second kappa shape index (κ2) is 10.3. The highest BCUT2D eigenvalue weighted by atomic mass is 32.1. The van der Waals surface area contributed by atoms with Crippen LogP contribution < -0.4 is 15.6 Å². The summed E-state index contributed by atoms with van der Waals surface area (Å²) in [5.41, 5.74) is 6.39. The van der Waals surface area contributed by atoms with Gasteiger partial charge < -0.3 is 10.1 Å². The van der Waals surface area contributed by atoms with Crippen LogP contribution in [0.5, 0.6) is 0 Å². The number of nitrogens with one attached hydrogen (secondary N) is 2. The highest BCUT2D eigenvalue weighted by Crippen LogP contribution is 2.32. The fourth-order valence-electron chi connectivity index (χ4n) is 2.53. The lowest BCUT2D eigenvalue weighted by atomic mass is 10.1. The highest BCUT2D eigenvalue weighted by molar-refractivity contribution is 7.80. The van der Waals surface area contributed by atoms with Crippen LogP contribution in [0.15, 0.2) is 28.7 Å². The molecular weight excluding hydrogens is 394 g/mol. The average molecular weight is 420 g/mol. The van der Waals surface area contributed by atoms with Gasteiger partial charge in [0, 0.05) is 25.5 Å². The number of methoxy groups -OCH3 is 1. The van der Waals surface area contributed by atoms with Crippen molar-refractivity contribution in [3.63, 3.8) is 0 Å². The SMILES string of the molecule is COC[C@H](C)NC(=S)N/N=C\c1csc(N(C(C)=O)c2cccc(C)c2C)n1. The van der Waals surface area contributed by atoms with Crippen molar-refractivity contribution >= 4 is 51.6 Å². The van der Waals surface area contributed by atoms with Gasteiger partial charge in [0.15, 0.2) is 10.2 Å². The fraction of sp³-hybridized carbons (Fsp3) is 0.368. The Bertz CT molecular complexity index is 866. The first-order valence-corrected chi connectivity index (χ1v) is 10.0. The standard InChI is InChI=1S/C19H25N5O2S2/c1-12-7-6-8-17(14(12)3)24(15(4)25)19-22-16(11-28-19)9-20-23-18(27)21-13(2)10-26-5/h6-9,11,13H,10H2,1-5H3,(H2,21,23,27)/b20-9-/t13-/m0/s1. The first-order valence-electron chi connectivity index (χ1n) is 8.74. The van der Waals surface area contributed by atoms with Crippen molar-refractivity contribution in [2.24, 2.45) is 5.10 Å². The van der Waals surface area contributed by atoms with Gasteiger partial charge in [0.2, 0.25) is 5.91 Å². The second-order valence-electron chi connectivity index (χ2n) is 6.33. The first kappa shape index (κ1) is 21.9. The van der Waals surface area contributed by atoms with Crippen molar-refractivity contribution in [1.29, 1.82) is 0 Å². The summed E-state index contributed by atoms with van der Waals surface area (Å²) in [6, 6.07) is 5.96. The zero-order valence-corrected chi connectivity index (χ0v) is 18.3. The number of aryl methyl sites for hydroxylation is 1. The lowest BCUT2D eigenvalue weighted by Gasteiger charge is -2.21. The molecule has 0 unspecified atom stereocenters. The third-order valence-electron chi connectivity index (χ3n) is 3.99. The number of anilines is 2. The van der Waals surface area contributed by atoms with Gasteiger partial charge in [0.1, 0.15) is 0 Å². The number of benzene rings is 1. The molecule has 0 saturated carbocycles. The number of ether oxygens (including phenoxy) is 1. The minimum Gasteiger partial charge on any atom is -0.383 e. The Balaban J connectivity index is 2.10. The molecule has 0 spiro atoms. The summed E-state index contributed by atoms with van der Waals surface area (Å²) in [6.45, 7) is 8.05. The van der Waals surface area contributed by atoms with E-state index in [4.69, 9.17) is 17.0 Å². The smallest absolute Gasteiger partial charge is 0.230 e. The van der Waals surface area contributed by atoms with E-state index in [2.05, 4.69) is 20.8 Å². The lowest BCUT2D eigenvalue weighted by molar-refractivity contribution is -0.115. The van der Waals surface area contributed by atoms with Gasteiger partial charge in [0.05, 0.1) is 24.2 Å². The summed E-state index contributed by atoms with van der Waals surface area (Å²) in [5, 5.41) is 9.98. The Morgan fingerprint density at radius 3 is 2.89 bits per heavy atom. The van der Waals surface area contributed by atoms with E-state index >= 15 is 0 Å². The molecule has 0 bridgehead atoms. The van der Waals surface area contributed by atoms with Crippen LogP contribution in [0.25, 0.3) is 0 Å². The molecule has 0 aliphatic rings. The molecule has 2 N–H and O–H groups in total. The van der Waals surface area contributed by atoms with E-state index in [9.17, 15) is 4.79 Å². The maximum atomic E-state index is 12.3. The molecule has 2 rings (SSSR count). The van der Waals surface area contributed by atoms with Gasteiger partial charge in [-0.3, -0.25) is 15.1 Å². The van der Waals surface area contributed by atoms with Crippen LogP contribution in [0.2, 0.25) is 0 Å². The molecule has 0 aliphatic carbocycles. The minimum atomic E-state index is -0.0952. The van der Waals surface area contributed by atoms with Gasteiger partial charge in [-0.25, -0.2) is 4.98 Å². The number of carbonyl (C=O) groups is 1. The number of thiazole rings is 1. The summed E-state index contributed by atoms with van der Waals surface area (Å²) in [7, 11) is 1.63. The number of hydrazone groups is 1. The predicted molar refractivity (Wildman–Crippen MR) is 119 cm³/mol. The van der Waals surface area contributed by atoms with Crippen molar-refractivity contribution in [2.75, 3.05) is 18.6 Å². The van der Waals surface area contributed by atoms with Crippen LogP contribution in [0, 0.1) is 13.8 Å². The van der Waals surface area contributed by atoms with Crippen LogP contribution in [0.4, 0.5) is 10.8 Å². The Kier molecular flexibility index (Phi) is 8.04. The van der Waals surface area contributed by atoms with Gasteiger partial charge >= 0.3 is 0 Å². The summed E-state index contributed by atoms with van der Waals surface area (Å²) >= 11 is 6.55. The predicted octanol–water partition coefficient (Wildman–Crippen LogP) is 3.28. The molecule has 0 saturated heterocycles. The monoisotopic (exact) mass is 419 g/mol. The second-order valence-corrected chi connectivity index (χ2v) is 7.57. The van der Waals surface area contributed by atoms with Crippen molar-refractivity contribution in [3.05, 3.63) is 40.4 Å². The number of hydrogen-bond acceptors (Lipinski definition) is 6. The van der Waals surface area contributed by atoms with Crippen molar-refractivity contribution in [1.82, 2.24) is 15.7 Å². The lowest BCUT2D eigenvalue weighted by Crippen LogP contribution is -2.40. The Morgan fingerprint density at radius 1 is 1.46 bits per heavy atom. The third-order valence-corrected chi connectivity index (χ3v) is 5.04.